The van der Waals surface area contributed by atoms with Crippen LogP contribution in [0.15, 0.2) is 24.3 Å². The Hall–Kier alpha value is -1.88. The van der Waals surface area contributed by atoms with Crippen LogP contribution < -0.4 is 10.5 Å². The first kappa shape index (κ1) is 13.5. The van der Waals surface area contributed by atoms with Crippen LogP contribution in [0.25, 0.3) is 10.9 Å². The third kappa shape index (κ3) is 3.79. The van der Waals surface area contributed by atoms with Gasteiger partial charge < -0.3 is 15.2 Å². The first-order chi connectivity index (χ1) is 9.31. The average molecular weight is 261 g/mol. The van der Waals surface area contributed by atoms with Crippen LogP contribution in [-0.4, -0.2) is 29.8 Å². The van der Waals surface area contributed by atoms with Crippen LogP contribution in [-0.2, 0) is 4.74 Å². The van der Waals surface area contributed by atoms with E-state index in [9.17, 15) is 0 Å². The predicted octanol–water partition coefficient (Wildman–Crippen LogP) is 2.41. The van der Waals surface area contributed by atoms with E-state index in [0.29, 0.717) is 19.1 Å². The van der Waals surface area contributed by atoms with Crippen molar-refractivity contribution in [3.05, 3.63) is 24.3 Å². The molecule has 0 aliphatic rings. The zero-order valence-electron chi connectivity index (χ0n) is 11.1. The van der Waals surface area contributed by atoms with E-state index >= 15 is 0 Å². The van der Waals surface area contributed by atoms with Crippen molar-refractivity contribution in [3.8, 4) is 5.88 Å². The van der Waals surface area contributed by atoms with E-state index in [1.165, 1.54) is 0 Å². The molecule has 102 valence electrons. The summed E-state index contributed by atoms with van der Waals surface area (Å²) in [4.78, 5) is 8.28. The number of hydrogen-bond acceptors (Lipinski definition) is 5. The highest BCUT2D eigenvalue weighted by Crippen LogP contribution is 2.22. The van der Waals surface area contributed by atoms with Crippen LogP contribution in [0.1, 0.15) is 19.8 Å². The van der Waals surface area contributed by atoms with Gasteiger partial charge in [0.2, 0.25) is 11.8 Å². The molecule has 2 rings (SSSR count). The van der Waals surface area contributed by atoms with Crippen molar-refractivity contribution in [2.75, 3.05) is 25.6 Å². The van der Waals surface area contributed by atoms with Gasteiger partial charge in [-0.25, -0.2) is 4.98 Å². The van der Waals surface area contributed by atoms with E-state index < -0.39 is 0 Å². The SMILES string of the molecule is CCCCOCCOc1nc(N)nc2ccccc12. The summed E-state index contributed by atoms with van der Waals surface area (Å²) in [6.07, 6.45) is 2.21. The van der Waals surface area contributed by atoms with Gasteiger partial charge in [0.25, 0.3) is 0 Å². The molecule has 0 bridgehead atoms. The van der Waals surface area contributed by atoms with Gasteiger partial charge in [0.15, 0.2) is 0 Å². The quantitative estimate of drug-likeness (QED) is 0.775. The number of rotatable bonds is 7. The number of benzene rings is 1. The van der Waals surface area contributed by atoms with Crippen molar-refractivity contribution in [2.24, 2.45) is 0 Å². The van der Waals surface area contributed by atoms with Gasteiger partial charge in [-0.15, -0.1) is 0 Å². The number of fused-ring (bicyclic) bond motifs is 1. The summed E-state index contributed by atoms with van der Waals surface area (Å²) in [6.45, 7) is 3.92. The Morgan fingerprint density at radius 1 is 1.11 bits per heavy atom. The van der Waals surface area contributed by atoms with Crippen LogP contribution in [0.3, 0.4) is 0 Å². The molecule has 0 spiro atoms. The first-order valence-corrected chi connectivity index (χ1v) is 6.54. The summed E-state index contributed by atoms with van der Waals surface area (Å²) in [5, 5.41) is 0.866. The molecule has 0 saturated carbocycles. The van der Waals surface area contributed by atoms with Gasteiger partial charge >= 0.3 is 0 Å². The van der Waals surface area contributed by atoms with E-state index in [1.54, 1.807) is 0 Å². The molecular weight excluding hydrogens is 242 g/mol. The second kappa shape index (κ2) is 6.89. The lowest BCUT2D eigenvalue weighted by Crippen LogP contribution is -2.09. The molecule has 2 N–H and O–H groups in total. The van der Waals surface area contributed by atoms with Crippen molar-refractivity contribution in [2.45, 2.75) is 19.8 Å². The molecule has 2 aromatic rings. The highest BCUT2D eigenvalue weighted by molar-refractivity contribution is 5.84. The van der Waals surface area contributed by atoms with Gasteiger partial charge in [0, 0.05) is 6.61 Å². The lowest BCUT2D eigenvalue weighted by atomic mass is 10.2. The molecule has 5 nitrogen and oxygen atoms in total. The first-order valence-electron chi connectivity index (χ1n) is 6.54. The summed E-state index contributed by atoms with van der Waals surface area (Å²) >= 11 is 0. The molecule has 0 saturated heterocycles. The number of unbranched alkanes of at least 4 members (excludes halogenated alkanes) is 1. The highest BCUT2D eigenvalue weighted by atomic mass is 16.5. The molecule has 1 aromatic heterocycles. The Kier molecular flexibility index (Phi) is 4.92. The fourth-order valence-corrected chi connectivity index (χ4v) is 1.72. The van der Waals surface area contributed by atoms with E-state index in [2.05, 4.69) is 16.9 Å². The number of hydrogen-bond donors (Lipinski definition) is 1. The Bertz CT molecular complexity index is 531. The van der Waals surface area contributed by atoms with Crippen LogP contribution in [0.5, 0.6) is 5.88 Å². The smallest absolute Gasteiger partial charge is 0.226 e. The summed E-state index contributed by atoms with van der Waals surface area (Å²) in [7, 11) is 0. The average Bonchev–Trinajstić information content (AvgIpc) is 2.42. The lowest BCUT2D eigenvalue weighted by Gasteiger charge is -2.09. The molecule has 0 radical (unpaired) electrons. The zero-order valence-corrected chi connectivity index (χ0v) is 11.1. The minimum atomic E-state index is 0.223. The number of aromatic nitrogens is 2. The van der Waals surface area contributed by atoms with Gasteiger partial charge in [0.1, 0.15) is 6.61 Å². The summed E-state index contributed by atoms with van der Waals surface area (Å²) < 4.78 is 11.1. The second-order valence-electron chi connectivity index (χ2n) is 4.22. The molecule has 1 aromatic carbocycles. The Balaban J connectivity index is 1.96. The molecule has 1 heterocycles. The Labute approximate surface area is 112 Å². The van der Waals surface area contributed by atoms with Crippen molar-refractivity contribution in [3.63, 3.8) is 0 Å². The fraction of sp³-hybridized carbons (Fsp3) is 0.429. The normalized spacial score (nSPS) is 10.8. The minimum Gasteiger partial charge on any atom is -0.475 e. The molecule has 5 heteroatoms. The van der Waals surface area contributed by atoms with Crippen LogP contribution in [0.2, 0.25) is 0 Å². The van der Waals surface area contributed by atoms with Gasteiger partial charge in [-0.05, 0) is 18.6 Å². The third-order valence-corrected chi connectivity index (χ3v) is 2.69. The zero-order chi connectivity index (χ0) is 13.5. The van der Waals surface area contributed by atoms with Gasteiger partial charge in [-0.3, -0.25) is 0 Å². The molecule has 0 aliphatic carbocycles. The molecule has 0 aliphatic heterocycles. The number of para-hydroxylation sites is 1. The van der Waals surface area contributed by atoms with Crippen LogP contribution in [0, 0.1) is 0 Å². The molecule has 0 amide bonds. The maximum atomic E-state index is 5.66. The summed E-state index contributed by atoms with van der Waals surface area (Å²) in [5.41, 5.74) is 6.45. The largest absolute Gasteiger partial charge is 0.475 e. The minimum absolute atomic E-state index is 0.223. The Morgan fingerprint density at radius 3 is 2.79 bits per heavy atom. The molecule has 0 unspecified atom stereocenters. The number of nitrogen functional groups attached to an aromatic ring is 1. The standard InChI is InChI=1S/C14H19N3O2/c1-2-3-8-18-9-10-19-13-11-6-4-5-7-12(11)16-14(15)17-13/h4-7H,2-3,8-10H2,1H3,(H2,15,16,17). The van der Waals surface area contributed by atoms with Crippen molar-refractivity contribution in [1.29, 1.82) is 0 Å². The van der Waals surface area contributed by atoms with Crippen LogP contribution >= 0.6 is 0 Å². The van der Waals surface area contributed by atoms with Crippen LogP contribution in [0.4, 0.5) is 5.95 Å². The molecule has 19 heavy (non-hydrogen) atoms. The van der Waals surface area contributed by atoms with E-state index in [0.717, 1.165) is 30.4 Å². The summed E-state index contributed by atoms with van der Waals surface area (Å²) in [6, 6.07) is 7.64. The molecule has 0 fully saturated rings. The number of nitrogens with zero attached hydrogens (tertiary/aromatic N) is 2. The van der Waals surface area contributed by atoms with Crippen molar-refractivity contribution < 1.29 is 9.47 Å². The van der Waals surface area contributed by atoms with E-state index in [4.69, 9.17) is 15.2 Å². The number of nitrogens with two attached hydrogens (primary N) is 1. The Morgan fingerprint density at radius 2 is 1.95 bits per heavy atom. The van der Waals surface area contributed by atoms with Gasteiger partial charge in [-0.1, -0.05) is 25.5 Å². The third-order valence-electron chi connectivity index (χ3n) is 2.69. The predicted molar refractivity (Wildman–Crippen MR) is 75.2 cm³/mol. The van der Waals surface area contributed by atoms with Gasteiger partial charge in [0.05, 0.1) is 17.5 Å². The van der Waals surface area contributed by atoms with Crippen molar-refractivity contribution >= 4 is 16.9 Å². The fourth-order valence-electron chi connectivity index (χ4n) is 1.72. The number of anilines is 1. The highest BCUT2D eigenvalue weighted by Gasteiger charge is 2.06. The topological polar surface area (TPSA) is 70.3 Å². The molecular formula is C14H19N3O2. The monoisotopic (exact) mass is 261 g/mol. The number of ether oxygens (including phenoxy) is 2. The van der Waals surface area contributed by atoms with Gasteiger partial charge in [-0.2, -0.15) is 4.98 Å². The molecule has 0 atom stereocenters. The maximum absolute atomic E-state index is 5.66. The van der Waals surface area contributed by atoms with Crippen molar-refractivity contribution in [1.82, 2.24) is 9.97 Å². The van der Waals surface area contributed by atoms with E-state index in [1.807, 2.05) is 24.3 Å². The lowest BCUT2D eigenvalue weighted by molar-refractivity contribution is 0.0971. The summed E-state index contributed by atoms with van der Waals surface area (Å²) in [5.74, 6) is 0.739. The van der Waals surface area contributed by atoms with E-state index in [-0.39, 0.29) is 5.95 Å². The second-order valence-corrected chi connectivity index (χ2v) is 4.22. The maximum Gasteiger partial charge on any atom is 0.226 e.